The SMILES string of the molecule is COc1ccc(C2C(C(=O)O)=Cc3ccccc32)cc1. The topological polar surface area (TPSA) is 46.5 Å². The maximum atomic E-state index is 11.5. The number of carboxylic acids is 1. The number of hydrogen-bond acceptors (Lipinski definition) is 2. The van der Waals surface area contributed by atoms with Crippen molar-refractivity contribution >= 4 is 12.0 Å². The minimum absolute atomic E-state index is 0.213. The van der Waals surface area contributed by atoms with Crippen molar-refractivity contribution in [2.45, 2.75) is 5.92 Å². The second-order valence-electron chi connectivity index (χ2n) is 4.74. The van der Waals surface area contributed by atoms with Crippen molar-refractivity contribution in [2.24, 2.45) is 0 Å². The fourth-order valence-electron chi connectivity index (χ4n) is 2.66. The van der Waals surface area contributed by atoms with Crippen molar-refractivity contribution in [2.75, 3.05) is 7.11 Å². The van der Waals surface area contributed by atoms with E-state index >= 15 is 0 Å². The highest BCUT2D eigenvalue weighted by Gasteiger charge is 2.30. The lowest BCUT2D eigenvalue weighted by Gasteiger charge is -2.15. The Morgan fingerprint density at radius 2 is 1.80 bits per heavy atom. The van der Waals surface area contributed by atoms with E-state index in [1.807, 2.05) is 48.5 Å². The molecular formula is C17H14O3. The van der Waals surface area contributed by atoms with E-state index in [0.717, 1.165) is 22.4 Å². The van der Waals surface area contributed by atoms with Crippen LogP contribution in [0.25, 0.3) is 6.08 Å². The molecule has 0 amide bonds. The Morgan fingerprint density at radius 1 is 1.10 bits per heavy atom. The molecule has 3 heteroatoms. The molecule has 0 aromatic heterocycles. The summed E-state index contributed by atoms with van der Waals surface area (Å²) in [4.78, 5) is 11.5. The molecule has 2 aromatic carbocycles. The third-order valence-electron chi connectivity index (χ3n) is 3.63. The first kappa shape index (κ1) is 12.5. The minimum Gasteiger partial charge on any atom is -0.497 e. The van der Waals surface area contributed by atoms with Crippen molar-refractivity contribution in [1.82, 2.24) is 0 Å². The van der Waals surface area contributed by atoms with E-state index in [4.69, 9.17) is 4.74 Å². The predicted molar refractivity (Wildman–Crippen MR) is 76.9 cm³/mol. The molecule has 3 nitrogen and oxygen atoms in total. The lowest BCUT2D eigenvalue weighted by atomic mass is 9.88. The summed E-state index contributed by atoms with van der Waals surface area (Å²) in [6, 6.07) is 15.3. The smallest absolute Gasteiger partial charge is 0.332 e. The van der Waals surface area contributed by atoms with Crippen LogP contribution in [0.5, 0.6) is 5.75 Å². The molecule has 1 aliphatic rings. The first-order valence-electron chi connectivity index (χ1n) is 6.38. The predicted octanol–water partition coefficient (Wildman–Crippen LogP) is 3.31. The van der Waals surface area contributed by atoms with Crippen molar-refractivity contribution in [3.8, 4) is 5.75 Å². The number of carbonyl (C=O) groups is 1. The summed E-state index contributed by atoms with van der Waals surface area (Å²) < 4.78 is 5.14. The number of benzene rings is 2. The summed E-state index contributed by atoms with van der Waals surface area (Å²) in [7, 11) is 1.61. The van der Waals surface area contributed by atoms with Crippen LogP contribution in [0.1, 0.15) is 22.6 Å². The highest BCUT2D eigenvalue weighted by atomic mass is 16.5. The summed E-state index contributed by atoms with van der Waals surface area (Å²) in [6.07, 6.45) is 1.76. The molecule has 1 N–H and O–H groups in total. The summed E-state index contributed by atoms with van der Waals surface area (Å²) in [5.41, 5.74) is 3.39. The van der Waals surface area contributed by atoms with Gasteiger partial charge in [-0.05, 0) is 34.9 Å². The molecule has 2 aromatic rings. The summed E-state index contributed by atoms with van der Waals surface area (Å²) in [5, 5.41) is 9.42. The molecule has 0 heterocycles. The van der Waals surface area contributed by atoms with Crippen LogP contribution in [0.2, 0.25) is 0 Å². The number of hydrogen-bond donors (Lipinski definition) is 1. The largest absolute Gasteiger partial charge is 0.497 e. The summed E-state index contributed by atoms with van der Waals surface area (Å²) in [5.74, 6) is -0.322. The molecular weight excluding hydrogens is 252 g/mol. The maximum absolute atomic E-state index is 11.5. The monoisotopic (exact) mass is 266 g/mol. The normalized spacial score (nSPS) is 16.4. The number of ether oxygens (including phenoxy) is 1. The van der Waals surface area contributed by atoms with Gasteiger partial charge in [-0.1, -0.05) is 36.4 Å². The highest BCUT2D eigenvalue weighted by Crippen LogP contribution is 2.41. The van der Waals surface area contributed by atoms with Crippen LogP contribution in [0.15, 0.2) is 54.1 Å². The van der Waals surface area contributed by atoms with E-state index in [0.29, 0.717) is 5.57 Å². The molecule has 0 spiro atoms. The Morgan fingerprint density at radius 3 is 2.45 bits per heavy atom. The number of rotatable bonds is 3. The van der Waals surface area contributed by atoms with Gasteiger partial charge in [-0.3, -0.25) is 0 Å². The Balaban J connectivity index is 2.09. The molecule has 0 saturated carbocycles. The minimum atomic E-state index is -0.873. The van der Waals surface area contributed by atoms with Crippen LogP contribution in [-0.2, 0) is 4.79 Å². The number of fused-ring (bicyclic) bond motifs is 1. The van der Waals surface area contributed by atoms with Crippen molar-refractivity contribution in [3.05, 3.63) is 70.8 Å². The van der Waals surface area contributed by atoms with Gasteiger partial charge in [0.15, 0.2) is 0 Å². The number of aliphatic carboxylic acids is 1. The van der Waals surface area contributed by atoms with Crippen LogP contribution >= 0.6 is 0 Å². The first-order valence-corrected chi connectivity index (χ1v) is 6.38. The third-order valence-corrected chi connectivity index (χ3v) is 3.63. The van der Waals surface area contributed by atoms with E-state index in [2.05, 4.69) is 0 Å². The van der Waals surface area contributed by atoms with E-state index in [9.17, 15) is 9.90 Å². The second kappa shape index (κ2) is 4.85. The molecule has 1 unspecified atom stereocenters. The van der Waals surface area contributed by atoms with Crippen LogP contribution in [-0.4, -0.2) is 18.2 Å². The second-order valence-corrected chi connectivity index (χ2v) is 4.74. The molecule has 1 aliphatic carbocycles. The van der Waals surface area contributed by atoms with Gasteiger partial charge in [0.05, 0.1) is 7.11 Å². The molecule has 0 bridgehead atoms. The van der Waals surface area contributed by atoms with Gasteiger partial charge >= 0.3 is 5.97 Å². The van der Waals surface area contributed by atoms with Gasteiger partial charge in [0.2, 0.25) is 0 Å². The molecule has 20 heavy (non-hydrogen) atoms. The molecule has 0 fully saturated rings. The summed E-state index contributed by atoms with van der Waals surface area (Å²) >= 11 is 0. The Hall–Kier alpha value is -2.55. The Bertz CT molecular complexity index is 684. The quantitative estimate of drug-likeness (QED) is 0.927. The standard InChI is InChI=1S/C17H14O3/c1-20-13-8-6-11(7-9-13)16-14-5-3-2-4-12(14)10-15(16)17(18)19/h2-10,16H,1H3,(H,18,19). The van der Waals surface area contributed by atoms with Gasteiger partial charge < -0.3 is 9.84 Å². The average molecular weight is 266 g/mol. The van der Waals surface area contributed by atoms with Gasteiger partial charge in [-0.25, -0.2) is 4.79 Å². The molecule has 0 aliphatic heterocycles. The molecule has 0 radical (unpaired) electrons. The van der Waals surface area contributed by atoms with Gasteiger partial charge in [0, 0.05) is 11.5 Å². The number of carboxylic acid groups (broad SMARTS) is 1. The average Bonchev–Trinajstić information content (AvgIpc) is 2.87. The molecule has 3 rings (SSSR count). The zero-order chi connectivity index (χ0) is 14.1. The van der Waals surface area contributed by atoms with Crippen LogP contribution in [0, 0.1) is 0 Å². The van der Waals surface area contributed by atoms with E-state index in [1.54, 1.807) is 13.2 Å². The Labute approximate surface area is 117 Å². The van der Waals surface area contributed by atoms with Gasteiger partial charge in [-0.2, -0.15) is 0 Å². The fraction of sp³-hybridized carbons (Fsp3) is 0.118. The van der Waals surface area contributed by atoms with E-state index < -0.39 is 5.97 Å². The molecule has 100 valence electrons. The number of methoxy groups -OCH3 is 1. The third kappa shape index (κ3) is 1.97. The van der Waals surface area contributed by atoms with Gasteiger partial charge in [-0.15, -0.1) is 0 Å². The van der Waals surface area contributed by atoms with E-state index in [1.165, 1.54) is 0 Å². The van der Waals surface area contributed by atoms with Crippen molar-refractivity contribution < 1.29 is 14.6 Å². The maximum Gasteiger partial charge on any atom is 0.332 e. The lowest BCUT2D eigenvalue weighted by Crippen LogP contribution is -2.09. The van der Waals surface area contributed by atoms with Crippen LogP contribution in [0.3, 0.4) is 0 Å². The van der Waals surface area contributed by atoms with Crippen LogP contribution in [0.4, 0.5) is 0 Å². The fourth-order valence-corrected chi connectivity index (χ4v) is 2.66. The van der Waals surface area contributed by atoms with Crippen LogP contribution < -0.4 is 4.74 Å². The van der Waals surface area contributed by atoms with Gasteiger partial charge in [0.25, 0.3) is 0 Å². The van der Waals surface area contributed by atoms with Crippen molar-refractivity contribution in [3.63, 3.8) is 0 Å². The van der Waals surface area contributed by atoms with Gasteiger partial charge in [0.1, 0.15) is 5.75 Å². The zero-order valence-corrected chi connectivity index (χ0v) is 11.0. The Kier molecular flexibility index (Phi) is 3.03. The van der Waals surface area contributed by atoms with Crippen molar-refractivity contribution in [1.29, 1.82) is 0 Å². The lowest BCUT2D eigenvalue weighted by molar-refractivity contribution is -0.132. The molecule has 1 atom stereocenters. The zero-order valence-electron chi connectivity index (χ0n) is 11.0. The van der Waals surface area contributed by atoms with E-state index in [-0.39, 0.29) is 5.92 Å². The first-order chi connectivity index (χ1) is 9.70. The highest BCUT2D eigenvalue weighted by molar-refractivity contribution is 5.98. The molecule has 0 saturated heterocycles. The summed E-state index contributed by atoms with van der Waals surface area (Å²) in [6.45, 7) is 0.